The summed E-state index contributed by atoms with van der Waals surface area (Å²) in [7, 11) is 0. The summed E-state index contributed by atoms with van der Waals surface area (Å²) in [6, 6.07) is 0. The highest BCUT2D eigenvalue weighted by molar-refractivity contribution is 5.90. The van der Waals surface area contributed by atoms with Crippen molar-refractivity contribution in [1.29, 1.82) is 0 Å². The lowest BCUT2D eigenvalue weighted by atomic mass is 9.53. The molecule has 1 saturated carbocycles. The maximum Gasteiger partial charge on any atom is 0.310 e. The molecule has 2 bridgehead atoms. The standard InChI is InChI=1S/C20H28O8/c1-5-25-17(21)13-11-9-10-12(14(13)18(22)26-6-2)16(20(24)28-8-4)15(11)19(23)27-7-3/h9-16H,5-8H2,1-4H3. The average Bonchev–Trinajstić information content (AvgIpc) is 2.67. The molecule has 3 aliphatic carbocycles. The van der Waals surface area contributed by atoms with E-state index in [1.807, 2.05) is 0 Å². The van der Waals surface area contributed by atoms with Crippen LogP contribution in [0.2, 0.25) is 0 Å². The van der Waals surface area contributed by atoms with Crippen molar-refractivity contribution in [3.63, 3.8) is 0 Å². The SMILES string of the molecule is CCOC(=O)C1C2C=CC(C1C(=O)OCC)C(C(=O)OCC)C2C(=O)OCC. The van der Waals surface area contributed by atoms with Crippen LogP contribution < -0.4 is 0 Å². The van der Waals surface area contributed by atoms with Gasteiger partial charge < -0.3 is 18.9 Å². The summed E-state index contributed by atoms with van der Waals surface area (Å²) in [6.07, 6.45) is 3.42. The van der Waals surface area contributed by atoms with Crippen molar-refractivity contribution in [2.45, 2.75) is 27.7 Å². The molecule has 8 heteroatoms. The second-order valence-corrected chi connectivity index (χ2v) is 6.65. The number of ether oxygens (including phenoxy) is 4. The fourth-order valence-corrected chi connectivity index (χ4v) is 4.31. The summed E-state index contributed by atoms with van der Waals surface area (Å²) in [4.78, 5) is 50.8. The highest BCUT2D eigenvalue weighted by Crippen LogP contribution is 2.53. The quantitative estimate of drug-likeness (QED) is 0.345. The van der Waals surface area contributed by atoms with Crippen LogP contribution in [0, 0.1) is 35.5 Å². The number of hydrogen-bond donors (Lipinski definition) is 0. The molecule has 0 heterocycles. The molecule has 3 rings (SSSR count). The molecule has 0 amide bonds. The van der Waals surface area contributed by atoms with Gasteiger partial charge in [-0.2, -0.15) is 0 Å². The van der Waals surface area contributed by atoms with Gasteiger partial charge in [-0.1, -0.05) is 12.2 Å². The van der Waals surface area contributed by atoms with E-state index in [-0.39, 0.29) is 26.4 Å². The minimum atomic E-state index is -0.922. The van der Waals surface area contributed by atoms with Crippen LogP contribution >= 0.6 is 0 Å². The van der Waals surface area contributed by atoms with Crippen molar-refractivity contribution in [2.75, 3.05) is 26.4 Å². The van der Waals surface area contributed by atoms with Crippen LogP contribution in [0.25, 0.3) is 0 Å². The van der Waals surface area contributed by atoms with Crippen molar-refractivity contribution >= 4 is 23.9 Å². The monoisotopic (exact) mass is 396 g/mol. The van der Waals surface area contributed by atoms with Gasteiger partial charge in [0, 0.05) is 11.8 Å². The second kappa shape index (κ2) is 9.71. The van der Waals surface area contributed by atoms with Crippen LogP contribution in [0.3, 0.4) is 0 Å². The van der Waals surface area contributed by atoms with E-state index in [4.69, 9.17) is 18.9 Å². The number of fused-ring (bicyclic) bond motifs is 2. The molecule has 0 aromatic heterocycles. The van der Waals surface area contributed by atoms with Gasteiger partial charge in [0.25, 0.3) is 0 Å². The van der Waals surface area contributed by atoms with Gasteiger partial charge in [0.2, 0.25) is 0 Å². The van der Waals surface area contributed by atoms with Crippen LogP contribution in [0.1, 0.15) is 27.7 Å². The molecule has 0 aliphatic heterocycles. The molecule has 4 atom stereocenters. The zero-order chi connectivity index (χ0) is 20.8. The first-order valence-corrected chi connectivity index (χ1v) is 9.77. The van der Waals surface area contributed by atoms with E-state index in [2.05, 4.69) is 0 Å². The zero-order valence-electron chi connectivity index (χ0n) is 16.7. The van der Waals surface area contributed by atoms with E-state index >= 15 is 0 Å². The lowest BCUT2D eigenvalue weighted by molar-refractivity contribution is -0.185. The maximum absolute atomic E-state index is 12.7. The molecule has 0 radical (unpaired) electrons. The van der Waals surface area contributed by atoms with Crippen molar-refractivity contribution in [1.82, 2.24) is 0 Å². The van der Waals surface area contributed by atoms with Crippen LogP contribution in [0.4, 0.5) is 0 Å². The third-order valence-corrected chi connectivity index (χ3v) is 5.22. The van der Waals surface area contributed by atoms with E-state index < -0.39 is 59.4 Å². The fraction of sp³-hybridized carbons (Fsp3) is 0.700. The first-order chi connectivity index (χ1) is 13.4. The fourth-order valence-electron chi connectivity index (χ4n) is 4.31. The molecule has 8 nitrogen and oxygen atoms in total. The van der Waals surface area contributed by atoms with Gasteiger partial charge in [0.1, 0.15) is 0 Å². The van der Waals surface area contributed by atoms with Gasteiger partial charge in [-0.05, 0) is 27.7 Å². The minimum absolute atomic E-state index is 0.136. The number of esters is 4. The number of carbonyl (C=O) groups is 4. The minimum Gasteiger partial charge on any atom is -0.466 e. The van der Waals surface area contributed by atoms with Crippen LogP contribution in [0.15, 0.2) is 12.2 Å². The molecule has 1 fully saturated rings. The van der Waals surface area contributed by atoms with E-state index in [1.165, 1.54) is 0 Å². The highest BCUT2D eigenvalue weighted by Gasteiger charge is 2.62. The highest BCUT2D eigenvalue weighted by atomic mass is 16.5. The summed E-state index contributed by atoms with van der Waals surface area (Å²) in [5.74, 6) is -7.47. The third kappa shape index (κ3) is 4.05. The van der Waals surface area contributed by atoms with E-state index in [0.29, 0.717) is 0 Å². The van der Waals surface area contributed by atoms with Gasteiger partial charge in [0.15, 0.2) is 0 Å². The molecule has 0 saturated heterocycles. The summed E-state index contributed by atoms with van der Waals surface area (Å²) >= 11 is 0. The lowest BCUT2D eigenvalue weighted by Crippen LogP contribution is -2.58. The number of rotatable bonds is 8. The molecule has 4 unspecified atom stereocenters. The Balaban J connectivity index is 2.52. The average molecular weight is 396 g/mol. The van der Waals surface area contributed by atoms with Gasteiger partial charge in [-0.15, -0.1) is 0 Å². The van der Waals surface area contributed by atoms with Crippen LogP contribution in [-0.4, -0.2) is 50.3 Å². The molecule has 156 valence electrons. The van der Waals surface area contributed by atoms with E-state index in [9.17, 15) is 19.2 Å². The van der Waals surface area contributed by atoms with Gasteiger partial charge in [0.05, 0.1) is 50.1 Å². The Hall–Kier alpha value is -2.38. The predicted molar refractivity (Wildman–Crippen MR) is 96.6 cm³/mol. The molecule has 28 heavy (non-hydrogen) atoms. The largest absolute Gasteiger partial charge is 0.466 e. The first kappa shape index (κ1) is 21.9. The lowest BCUT2D eigenvalue weighted by Gasteiger charge is -2.49. The van der Waals surface area contributed by atoms with E-state index in [0.717, 1.165) is 0 Å². The summed E-state index contributed by atoms with van der Waals surface area (Å²) in [5.41, 5.74) is 0. The zero-order valence-corrected chi connectivity index (χ0v) is 16.7. The molecule has 0 aromatic rings. The van der Waals surface area contributed by atoms with Crippen LogP contribution in [0.5, 0.6) is 0 Å². The Bertz CT molecular complexity index is 538. The number of carbonyl (C=O) groups excluding carboxylic acids is 4. The molecule has 0 spiro atoms. The summed E-state index contributed by atoms with van der Waals surface area (Å²) in [5, 5.41) is 0. The summed E-state index contributed by atoms with van der Waals surface area (Å²) < 4.78 is 20.7. The Morgan fingerprint density at radius 1 is 0.536 bits per heavy atom. The number of allylic oxidation sites excluding steroid dienone is 2. The summed E-state index contributed by atoms with van der Waals surface area (Å²) in [6.45, 7) is 7.21. The Morgan fingerprint density at radius 2 is 0.750 bits per heavy atom. The molecular weight excluding hydrogens is 368 g/mol. The Labute approximate surface area is 164 Å². The van der Waals surface area contributed by atoms with Crippen molar-refractivity contribution in [2.24, 2.45) is 35.5 Å². The van der Waals surface area contributed by atoms with Crippen LogP contribution in [-0.2, 0) is 38.1 Å². The second-order valence-electron chi connectivity index (χ2n) is 6.65. The molecule has 0 N–H and O–H groups in total. The normalized spacial score (nSPS) is 30.4. The third-order valence-electron chi connectivity index (χ3n) is 5.22. The predicted octanol–water partition coefficient (Wildman–Crippen LogP) is 1.52. The Morgan fingerprint density at radius 3 is 0.929 bits per heavy atom. The van der Waals surface area contributed by atoms with Crippen molar-refractivity contribution in [3.8, 4) is 0 Å². The topological polar surface area (TPSA) is 105 Å². The Kier molecular flexibility index (Phi) is 7.60. The van der Waals surface area contributed by atoms with Crippen molar-refractivity contribution in [3.05, 3.63) is 12.2 Å². The molecular formula is C20H28O8. The van der Waals surface area contributed by atoms with Gasteiger partial charge in [-0.3, -0.25) is 19.2 Å². The number of hydrogen-bond acceptors (Lipinski definition) is 8. The van der Waals surface area contributed by atoms with E-state index in [1.54, 1.807) is 39.8 Å². The smallest absolute Gasteiger partial charge is 0.310 e. The first-order valence-electron chi connectivity index (χ1n) is 9.77. The van der Waals surface area contributed by atoms with Gasteiger partial charge in [-0.25, -0.2) is 0 Å². The maximum atomic E-state index is 12.7. The molecule has 3 aliphatic rings. The van der Waals surface area contributed by atoms with Gasteiger partial charge >= 0.3 is 23.9 Å². The molecule has 0 aromatic carbocycles. The van der Waals surface area contributed by atoms with Crippen molar-refractivity contribution < 1.29 is 38.1 Å².